The van der Waals surface area contributed by atoms with E-state index < -0.39 is 0 Å². The minimum absolute atomic E-state index is 0.0766. The van der Waals surface area contributed by atoms with Crippen LogP contribution >= 0.6 is 15.9 Å². The van der Waals surface area contributed by atoms with Gasteiger partial charge < -0.3 is 5.32 Å². The van der Waals surface area contributed by atoms with E-state index in [0.29, 0.717) is 0 Å². The van der Waals surface area contributed by atoms with Gasteiger partial charge in [0.15, 0.2) is 0 Å². The van der Waals surface area contributed by atoms with Crippen LogP contribution in [0.3, 0.4) is 0 Å². The maximum absolute atomic E-state index is 12.3. The topological polar surface area (TPSA) is 32.3 Å². The molecule has 4 heteroatoms. The van der Waals surface area contributed by atoms with Crippen LogP contribution in [0.25, 0.3) is 0 Å². The molecule has 1 heterocycles. The molecule has 0 aromatic heterocycles. The van der Waals surface area contributed by atoms with Crippen molar-refractivity contribution in [2.24, 2.45) is 0 Å². The summed E-state index contributed by atoms with van der Waals surface area (Å²) in [6.07, 6.45) is 0.921. The molecule has 0 saturated carbocycles. The molecule has 1 aliphatic rings. The molecule has 0 bridgehead atoms. The molecule has 1 N–H and O–H groups in total. The zero-order valence-corrected chi connectivity index (χ0v) is 11.9. The van der Waals surface area contributed by atoms with E-state index in [1.54, 1.807) is 4.90 Å². The molecule has 0 unspecified atom stereocenters. The number of benzene rings is 2. The van der Waals surface area contributed by atoms with Gasteiger partial charge in [-0.25, -0.2) is 4.79 Å². The number of hydrogen-bond donors (Lipinski definition) is 1. The maximum Gasteiger partial charge on any atom is 0.326 e. The van der Waals surface area contributed by atoms with Gasteiger partial charge in [0.25, 0.3) is 0 Å². The minimum atomic E-state index is -0.0766. The first-order chi connectivity index (χ1) is 9.24. The van der Waals surface area contributed by atoms with E-state index in [4.69, 9.17) is 0 Å². The molecule has 0 radical (unpaired) electrons. The van der Waals surface area contributed by atoms with E-state index in [2.05, 4.69) is 27.3 Å². The first-order valence-corrected chi connectivity index (χ1v) is 6.95. The van der Waals surface area contributed by atoms with Crippen LogP contribution in [-0.4, -0.2) is 12.6 Å². The number of fused-ring (bicyclic) bond motifs is 1. The van der Waals surface area contributed by atoms with Crippen molar-refractivity contribution in [1.29, 1.82) is 0 Å². The Kier molecular flexibility index (Phi) is 3.25. The summed E-state index contributed by atoms with van der Waals surface area (Å²) in [5.41, 5.74) is 3.04. The molecule has 3 rings (SSSR count). The first kappa shape index (κ1) is 12.2. The summed E-state index contributed by atoms with van der Waals surface area (Å²) in [7, 11) is 0. The van der Waals surface area contributed by atoms with Gasteiger partial charge in [-0.15, -0.1) is 0 Å². The standard InChI is InChI=1S/C15H13BrN2O/c16-12-5-7-13(8-6-12)17-15(19)18-10-9-11-3-1-2-4-14(11)18/h1-8H,9-10H2,(H,17,19). The second-order valence-electron chi connectivity index (χ2n) is 4.47. The van der Waals surface area contributed by atoms with Crippen molar-refractivity contribution >= 4 is 33.3 Å². The molecule has 0 aliphatic carbocycles. The van der Waals surface area contributed by atoms with Crippen LogP contribution in [0.2, 0.25) is 0 Å². The summed E-state index contributed by atoms with van der Waals surface area (Å²) in [5, 5.41) is 2.92. The fraction of sp³-hybridized carbons (Fsp3) is 0.133. The summed E-state index contributed by atoms with van der Waals surface area (Å²) in [4.78, 5) is 14.1. The molecule has 0 spiro atoms. The van der Waals surface area contributed by atoms with Crippen LogP contribution in [0.1, 0.15) is 5.56 Å². The smallest absolute Gasteiger partial charge is 0.308 e. The molecule has 2 amide bonds. The van der Waals surface area contributed by atoms with E-state index in [0.717, 1.165) is 28.8 Å². The lowest BCUT2D eigenvalue weighted by atomic mass is 10.2. The molecule has 0 fully saturated rings. The second-order valence-corrected chi connectivity index (χ2v) is 5.38. The average Bonchev–Trinajstić information content (AvgIpc) is 2.85. The SMILES string of the molecule is O=C(Nc1ccc(Br)cc1)N1CCc2ccccc21. The van der Waals surface area contributed by atoms with Crippen molar-refractivity contribution in [2.75, 3.05) is 16.8 Å². The number of halogens is 1. The lowest BCUT2D eigenvalue weighted by Crippen LogP contribution is -2.33. The summed E-state index contributed by atoms with van der Waals surface area (Å²) in [6.45, 7) is 0.738. The fourth-order valence-electron chi connectivity index (χ4n) is 2.27. The third-order valence-electron chi connectivity index (χ3n) is 3.23. The van der Waals surface area contributed by atoms with Crippen LogP contribution in [0.5, 0.6) is 0 Å². The van der Waals surface area contributed by atoms with Crippen LogP contribution < -0.4 is 10.2 Å². The third-order valence-corrected chi connectivity index (χ3v) is 3.76. The quantitative estimate of drug-likeness (QED) is 0.846. The van der Waals surface area contributed by atoms with E-state index in [9.17, 15) is 4.79 Å². The highest BCUT2D eigenvalue weighted by Gasteiger charge is 2.23. The van der Waals surface area contributed by atoms with Gasteiger partial charge in [0.2, 0.25) is 0 Å². The van der Waals surface area contributed by atoms with Crippen molar-refractivity contribution in [3.8, 4) is 0 Å². The van der Waals surface area contributed by atoms with E-state index in [1.165, 1.54) is 5.56 Å². The van der Waals surface area contributed by atoms with Gasteiger partial charge >= 0.3 is 6.03 Å². The highest BCUT2D eigenvalue weighted by atomic mass is 79.9. The monoisotopic (exact) mass is 316 g/mol. The number of hydrogen-bond acceptors (Lipinski definition) is 1. The minimum Gasteiger partial charge on any atom is -0.308 e. The summed E-state index contributed by atoms with van der Waals surface area (Å²) in [5.74, 6) is 0. The Hall–Kier alpha value is -1.81. The predicted octanol–water partition coefficient (Wildman–Crippen LogP) is 4.04. The largest absolute Gasteiger partial charge is 0.326 e. The van der Waals surface area contributed by atoms with Crippen molar-refractivity contribution in [2.45, 2.75) is 6.42 Å². The molecule has 1 aliphatic heterocycles. The summed E-state index contributed by atoms with van der Waals surface area (Å²) >= 11 is 3.38. The molecule has 2 aromatic carbocycles. The van der Waals surface area contributed by atoms with E-state index >= 15 is 0 Å². The lowest BCUT2D eigenvalue weighted by molar-refractivity contribution is 0.257. The molecular formula is C15H13BrN2O. The van der Waals surface area contributed by atoms with Gasteiger partial charge in [-0.3, -0.25) is 4.90 Å². The predicted molar refractivity (Wildman–Crippen MR) is 80.7 cm³/mol. The number of nitrogens with one attached hydrogen (secondary N) is 1. The Morgan fingerprint density at radius 1 is 1.11 bits per heavy atom. The maximum atomic E-state index is 12.3. The summed E-state index contributed by atoms with van der Waals surface area (Å²) in [6, 6.07) is 15.5. The van der Waals surface area contributed by atoms with Crippen LogP contribution in [-0.2, 0) is 6.42 Å². The Morgan fingerprint density at radius 2 is 1.84 bits per heavy atom. The van der Waals surface area contributed by atoms with Gasteiger partial charge in [0.05, 0.1) is 0 Å². The van der Waals surface area contributed by atoms with Gasteiger partial charge in [-0.1, -0.05) is 34.1 Å². The average molecular weight is 317 g/mol. The number of para-hydroxylation sites is 1. The normalized spacial score (nSPS) is 13.2. The fourth-order valence-corrected chi connectivity index (χ4v) is 2.54. The van der Waals surface area contributed by atoms with Gasteiger partial charge in [-0.05, 0) is 42.3 Å². The highest BCUT2D eigenvalue weighted by molar-refractivity contribution is 9.10. The number of amides is 2. The Morgan fingerprint density at radius 3 is 2.63 bits per heavy atom. The van der Waals surface area contributed by atoms with Gasteiger partial charge in [0, 0.05) is 22.4 Å². The molecule has 96 valence electrons. The molecule has 0 saturated heterocycles. The molecule has 19 heavy (non-hydrogen) atoms. The van der Waals surface area contributed by atoms with E-state index in [-0.39, 0.29) is 6.03 Å². The van der Waals surface area contributed by atoms with Crippen LogP contribution in [0.15, 0.2) is 53.0 Å². The summed E-state index contributed by atoms with van der Waals surface area (Å²) < 4.78 is 0.997. The number of carbonyl (C=O) groups excluding carboxylic acids is 1. The highest BCUT2D eigenvalue weighted by Crippen LogP contribution is 2.28. The molecule has 3 nitrogen and oxygen atoms in total. The third kappa shape index (κ3) is 2.49. The van der Waals surface area contributed by atoms with Crippen LogP contribution in [0.4, 0.5) is 16.2 Å². The number of carbonyl (C=O) groups is 1. The van der Waals surface area contributed by atoms with E-state index in [1.807, 2.05) is 42.5 Å². The zero-order chi connectivity index (χ0) is 13.2. The first-order valence-electron chi connectivity index (χ1n) is 6.16. The Labute approximate surface area is 120 Å². The van der Waals surface area contributed by atoms with Crippen LogP contribution in [0, 0.1) is 0 Å². The number of urea groups is 1. The van der Waals surface area contributed by atoms with Crippen molar-refractivity contribution in [3.05, 3.63) is 58.6 Å². The Balaban J connectivity index is 1.77. The lowest BCUT2D eigenvalue weighted by Gasteiger charge is -2.18. The van der Waals surface area contributed by atoms with Crippen molar-refractivity contribution < 1.29 is 4.79 Å². The van der Waals surface area contributed by atoms with Gasteiger partial charge in [0.1, 0.15) is 0 Å². The number of nitrogens with zero attached hydrogens (tertiary/aromatic N) is 1. The zero-order valence-electron chi connectivity index (χ0n) is 10.3. The molecule has 2 aromatic rings. The number of rotatable bonds is 1. The van der Waals surface area contributed by atoms with Crippen molar-refractivity contribution in [1.82, 2.24) is 0 Å². The van der Waals surface area contributed by atoms with Crippen molar-refractivity contribution in [3.63, 3.8) is 0 Å². The molecule has 0 atom stereocenters. The molecular weight excluding hydrogens is 304 g/mol. The second kappa shape index (κ2) is 5.05. The Bertz CT molecular complexity index is 610. The van der Waals surface area contributed by atoms with Gasteiger partial charge in [-0.2, -0.15) is 0 Å². The number of anilines is 2.